The molecule has 3 heteroatoms. The van der Waals surface area contributed by atoms with Gasteiger partial charge in [0.1, 0.15) is 11.6 Å². The van der Waals surface area contributed by atoms with E-state index in [0.717, 1.165) is 12.0 Å². The second-order valence-electron chi connectivity index (χ2n) is 4.03. The van der Waals surface area contributed by atoms with E-state index in [1.165, 1.54) is 6.07 Å². The summed E-state index contributed by atoms with van der Waals surface area (Å²) in [5.41, 5.74) is 7.17. The lowest BCUT2D eigenvalue weighted by Gasteiger charge is -2.10. The molecule has 16 heavy (non-hydrogen) atoms. The molecule has 0 aromatic heterocycles. The van der Waals surface area contributed by atoms with E-state index in [-0.39, 0.29) is 11.9 Å². The Hall–Kier alpha value is -1.35. The average molecular weight is 223 g/mol. The van der Waals surface area contributed by atoms with Crippen molar-refractivity contribution < 1.29 is 9.13 Å². The number of nitrogens with two attached hydrogens (primary N) is 1. The Morgan fingerprint density at radius 2 is 2.25 bits per heavy atom. The number of hydrogen-bond acceptors (Lipinski definition) is 2. The zero-order chi connectivity index (χ0) is 12.1. The zero-order valence-electron chi connectivity index (χ0n) is 9.79. The van der Waals surface area contributed by atoms with Crippen LogP contribution in [0.25, 0.3) is 0 Å². The minimum absolute atomic E-state index is 0.301. The fourth-order valence-corrected chi connectivity index (χ4v) is 1.31. The molecule has 2 N–H and O–H groups in total. The molecule has 0 fully saturated rings. The highest BCUT2D eigenvalue weighted by molar-refractivity contribution is 5.30. The van der Waals surface area contributed by atoms with Gasteiger partial charge < -0.3 is 10.5 Å². The van der Waals surface area contributed by atoms with Crippen molar-refractivity contribution in [3.05, 3.63) is 41.7 Å². The van der Waals surface area contributed by atoms with Crippen LogP contribution in [0, 0.1) is 5.82 Å². The number of rotatable bonds is 5. The van der Waals surface area contributed by atoms with Gasteiger partial charge in [-0.2, -0.15) is 0 Å². The van der Waals surface area contributed by atoms with Gasteiger partial charge in [0.2, 0.25) is 0 Å². The number of hydrogen-bond donors (Lipinski definition) is 1. The normalized spacial score (nSPS) is 12.2. The molecule has 0 unspecified atom stereocenters. The lowest BCUT2D eigenvalue weighted by molar-refractivity contribution is 0.319. The van der Waals surface area contributed by atoms with E-state index < -0.39 is 0 Å². The van der Waals surface area contributed by atoms with Crippen molar-refractivity contribution >= 4 is 0 Å². The van der Waals surface area contributed by atoms with Crippen LogP contribution < -0.4 is 10.5 Å². The molecule has 2 nitrogen and oxygen atoms in total. The molecule has 0 aliphatic carbocycles. The van der Waals surface area contributed by atoms with Gasteiger partial charge >= 0.3 is 0 Å². The van der Waals surface area contributed by atoms with Crippen molar-refractivity contribution in [2.24, 2.45) is 5.73 Å². The number of benzene rings is 1. The van der Waals surface area contributed by atoms with Crippen molar-refractivity contribution in [2.75, 3.05) is 6.61 Å². The molecule has 1 rings (SSSR count). The predicted molar refractivity (Wildman–Crippen MR) is 63.9 cm³/mol. The van der Waals surface area contributed by atoms with Gasteiger partial charge in [-0.1, -0.05) is 11.6 Å². The van der Waals surface area contributed by atoms with Crippen LogP contribution >= 0.6 is 0 Å². The van der Waals surface area contributed by atoms with Gasteiger partial charge in [-0.05, 0) is 19.9 Å². The molecule has 1 aromatic rings. The molecular weight excluding hydrogens is 205 g/mol. The molecular formula is C13H18FNO. The number of ether oxygens (including phenoxy) is 1. The maximum absolute atomic E-state index is 13.5. The van der Waals surface area contributed by atoms with Gasteiger partial charge in [-0.25, -0.2) is 4.39 Å². The summed E-state index contributed by atoms with van der Waals surface area (Å²) in [5.74, 6) is 0.214. The molecule has 88 valence electrons. The fourth-order valence-electron chi connectivity index (χ4n) is 1.31. The molecule has 0 aliphatic rings. The van der Waals surface area contributed by atoms with Gasteiger partial charge in [-0.3, -0.25) is 0 Å². The highest BCUT2D eigenvalue weighted by Gasteiger charge is 2.07. The van der Waals surface area contributed by atoms with E-state index in [1.54, 1.807) is 19.1 Å². The molecule has 0 heterocycles. The van der Waals surface area contributed by atoms with Crippen molar-refractivity contribution in [3.63, 3.8) is 0 Å². The summed E-state index contributed by atoms with van der Waals surface area (Å²) in [7, 11) is 0. The Kier molecular flexibility index (Phi) is 4.50. The topological polar surface area (TPSA) is 35.2 Å². The van der Waals surface area contributed by atoms with Crippen LogP contribution in [0.2, 0.25) is 0 Å². The molecule has 0 aliphatic heterocycles. The van der Waals surface area contributed by atoms with E-state index in [1.807, 2.05) is 6.92 Å². The summed E-state index contributed by atoms with van der Waals surface area (Å²) in [5, 5.41) is 0. The highest BCUT2D eigenvalue weighted by atomic mass is 19.1. The summed E-state index contributed by atoms with van der Waals surface area (Å²) in [6.07, 6.45) is 0.774. The van der Waals surface area contributed by atoms with Gasteiger partial charge in [0.15, 0.2) is 0 Å². The minimum Gasteiger partial charge on any atom is -0.493 e. The van der Waals surface area contributed by atoms with Gasteiger partial charge in [0.25, 0.3) is 0 Å². The first-order valence-electron chi connectivity index (χ1n) is 5.33. The van der Waals surface area contributed by atoms with Gasteiger partial charge in [0.05, 0.1) is 6.61 Å². The van der Waals surface area contributed by atoms with E-state index in [9.17, 15) is 4.39 Å². The van der Waals surface area contributed by atoms with Gasteiger partial charge in [0, 0.05) is 24.1 Å². The van der Waals surface area contributed by atoms with Crippen LogP contribution in [-0.2, 0) is 0 Å². The van der Waals surface area contributed by atoms with Crippen LogP contribution in [-0.4, -0.2) is 6.61 Å². The van der Waals surface area contributed by atoms with Crippen molar-refractivity contribution in [3.8, 4) is 5.75 Å². The van der Waals surface area contributed by atoms with Crippen LogP contribution in [0.1, 0.15) is 31.9 Å². The first-order chi connectivity index (χ1) is 7.50. The third-order valence-electron chi connectivity index (χ3n) is 2.26. The molecule has 0 bridgehead atoms. The van der Waals surface area contributed by atoms with E-state index in [4.69, 9.17) is 10.5 Å². The van der Waals surface area contributed by atoms with Crippen LogP contribution in [0.4, 0.5) is 4.39 Å². The van der Waals surface area contributed by atoms with Crippen molar-refractivity contribution in [1.82, 2.24) is 0 Å². The predicted octanol–water partition coefficient (Wildman–Crippen LogP) is 3.19. The summed E-state index contributed by atoms with van der Waals surface area (Å²) in [6, 6.07) is 4.47. The maximum Gasteiger partial charge on any atom is 0.131 e. The standard InChI is InChI=1S/C13H18FNO/c1-9(2)6-7-16-11-4-5-12(10(3)15)13(14)8-11/h4-5,8,10H,1,6-7,15H2,2-3H3/t10-/m1/s1. The third-order valence-corrected chi connectivity index (χ3v) is 2.26. The second-order valence-corrected chi connectivity index (χ2v) is 4.03. The smallest absolute Gasteiger partial charge is 0.131 e. The minimum atomic E-state index is -0.317. The van der Waals surface area contributed by atoms with Crippen LogP contribution in [0.5, 0.6) is 5.75 Å². The largest absolute Gasteiger partial charge is 0.493 e. The monoisotopic (exact) mass is 223 g/mol. The molecule has 0 saturated carbocycles. The summed E-state index contributed by atoms with van der Waals surface area (Å²) in [4.78, 5) is 0. The molecule has 0 amide bonds. The van der Waals surface area contributed by atoms with Crippen molar-refractivity contribution in [1.29, 1.82) is 0 Å². The highest BCUT2D eigenvalue weighted by Crippen LogP contribution is 2.20. The SMILES string of the molecule is C=C(C)CCOc1ccc([C@@H](C)N)c(F)c1. The Balaban J connectivity index is 2.63. The first-order valence-corrected chi connectivity index (χ1v) is 5.33. The van der Waals surface area contributed by atoms with Gasteiger partial charge in [-0.15, -0.1) is 6.58 Å². The summed E-state index contributed by atoms with van der Waals surface area (Å²) < 4.78 is 18.9. The van der Waals surface area contributed by atoms with E-state index >= 15 is 0 Å². The number of halogens is 1. The Morgan fingerprint density at radius 1 is 1.56 bits per heavy atom. The molecule has 0 saturated heterocycles. The lowest BCUT2D eigenvalue weighted by Crippen LogP contribution is -2.07. The molecule has 0 radical (unpaired) electrons. The Bertz CT molecular complexity index is 374. The average Bonchev–Trinajstić information content (AvgIpc) is 2.16. The quantitative estimate of drug-likeness (QED) is 0.778. The Morgan fingerprint density at radius 3 is 2.75 bits per heavy atom. The third kappa shape index (κ3) is 3.66. The summed E-state index contributed by atoms with van der Waals surface area (Å²) in [6.45, 7) is 7.97. The maximum atomic E-state index is 13.5. The van der Waals surface area contributed by atoms with E-state index in [0.29, 0.717) is 17.9 Å². The molecule has 1 aromatic carbocycles. The molecule has 0 spiro atoms. The van der Waals surface area contributed by atoms with E-state index in [2.05, 4.69) is 6.58 Å². The summed E-state index contributed by atoms with van der Waals surface area (Å²) >= 11 is 0. The first kappa shape index (κ1) is 12.7. The zero-order valence-corrected chi connectivity index (χ0v) is 9.79. The van der Waals surface area contributed by atoms with Crippen LogP contribution in [0.15, 0.2) is 30.4 Å². The Labute approximate surface area is 95.9 Å². The van der Waals surface area contributed by atoms with Crippen molar-refractivity contribution in [2.45, 2.75) is 26.3 Å². The fraction of sp³-hybridized carbons (Fsp3) is 0.385. The lowest BCUT2D eigenvalue weighted by atomic mass is 10.1. The second kappa shape index (κ2) is 5.66. The van der Waals surface area contributed by atoms with Crippen LogP contribution in [0.3, 0.4) is 0 Å². The molecule has 1 atom stereocenters.